The number of halogens is 1. The van der Waals surface area contributed by atoms with Gasteiger partial charge >= 0.3 is 0 Å². The molecule has 4 nitrogen and oxygen atoms in total. The van der Waals surface area contributed by atoms with Crippen LogP contribution in [0.2, 0.25) is 0 Å². The van der Waals surface area contributed by atoms with Crippen molar-refractivity contribution in [3.63, 3.8) is 0 Å². The second-order valence-electron chi connectivity index (χ2n) is 5.00. The molecule has 18 heavy (non-hydrogen) atoms. The first-order chi connectivity index (χ1) is 8.22. The van der Waals surface area contributed by atoms with Crippen LogP contribution in [-0.4, -0.2) is 40.4 Å². The number of aromatic nitrogens is 2. The standard InChI is InChI=1S/C13H24N4.ClH/c1-4-7-17(13-5-6-14-9-13)10-12-8-15-16(3)11(12)2;/h8,13-14H,4-7,9-10H2,1-3H3;1H. The number of nitrogens with one attached hydrogen (secondary N) is 1. The van der Waals surface area contributed by atoms with Crippen molar-refractivity contribution in [3.05, 3.63) is 17.5 Å². The van der Waals surface area contributed by atoms with Crippen molar-refractivity contribution in [2.75, 3.05) is 19.6 Å². The van der Waals surface area contributed by atoms with E-state index in [0.29, 0.717) is 6.04 Å². The predicted molar refractivity (Wildman–Crippen MR) is 77.2 cm³/mol. The van der Waals surface area contributed by atoms with Gasteiger partial charge in [-0.25, -0.2) is 0 Å². The average Bonchev–Trinajstić information content (AvgIpc) is 2.93. The summed E-state index contributed by atoms with van der Waals surface area (Å²) in [5.74, 6) is 0. The summed E-state index contributed by atoms with van der Waals surface area (Å²) in [5, 5.41) is 7.78. The van der Waals surface area contributed by atoms with Crippen molar-refractivity contribution in [2.45, 2.75) is 39.3 Å². The molecule has 2 heterocycles. The first-order valence-electron chi connectivity index (χ1n) is 6.64. The highest BCUT2D eigenvalue weighted by atomic mass is 35.5. The summed E-state index contributed by atoms with van der Waals surface area (Å²) >= 11 is 0. The molecule has 2 rings (SSSR count). The summed E-state index contributed by atoms with van der Waals surface area (Å²) in [5.41, 5.74) is 2.66. The Morgan fingerprint density at radius 3 is 2.83 bits per heavy atom. The number of hydrogen-bond acceptors (Lipinski definition) is 3. The van der Waals surface area contributed by atoms with E-state index in [1.54, 1.807) is 0 Å². The third kappa shape index (κ3) is 3.46. The van der Waals surface area contributed by atoms with Gasteiger partial charge in [-0.3, -0.25) is 9.58 Å². The Hall–Kier alpha value is -0.580. The van der Waals surface area contributed by atoms with Crippen LogP contribution in [0.25, 0.3) is 0 Å². The molecule has 0 saturated carbocycles. The molecule has 0 radical (unpaired) electrons. The zero-order valence-electron chi connectivity index (χ0n) is 11.6. The van der Waals surface area contributed by atoms with Gasteiger partial charge in [0.15, 0.2) is 0 Å². The molecule has 1 atom stereocenters. The van der Waals surface area contributed by atoms with Crippen LogP contribution in [-0.2, 0) is 13.6 Å². The fourth-order valence-electron chi connectivity index (χ4n) is 2.55. The molecular weight excluding hydrogens is 248 g/mol. The number of hydrogen-bond donors (Lipinski definition) is 1. The maximum Gasteiger partial charge on any atom is 0.0537 e. The first kappa shape index (κ1) is 15.5. The van der Waals surface area contributed by atoms with Crippen LogP contribution in [0.4, 0.5) is 0 Å². The lowest BCUT2D eigenvalue weighted by atomic mass is 10.1. The van der Waals surface area contributed by atoms with Gasteiger partial charge in [0.05, 0.1) is 6.20 Å². The van der Waals surface area contributed by atoms with Crippen molar-refractivity contribution in [1.29, 1.82) is 0 Å². The van der Waals surface area contributed by atoms with Crippen molar-refractivity contribution in [2.24, 2.45) is 7.05 Å². The van der Waals surface area contributed by atoms with Gasteiger partial charge in [0.1, 0.15) is 0 Å². The zero-order chi connectivity index (χ0) is 12.3. The molecule has 1 aromatic rings. The smallest absolute Gasteiger partial charge is 0.0537 e. The Morgan fingerprint density at radius 1 is 1.56 bits per heavy atom. The van der Waals surface area contributed by atoms with Gasteiger partial charge in [-0.05, 0) is 32.9 Å². The lowest BCUT2D eigenvalue weighted by Crippen LogP contribution is -2.37. The molecule has 5 heteroatoms. The summed E-state index contributed by atoms with van der Waals surface area (Å²) in [6, 6.07) is 0.703. The lowest BCUT2D eigenvalue weighted by molar-refractivity contribution is 0.199. The quantitative estimate of drug-likeness (QED) is 0.886. The summed E-state index contributed by atoms with van der Waals surface area (Å²) in [6.07, 6.45) is 4.51. The van der Waals surface area contributed by atoms with E-state index in [1.165, 1.54) is 30.6 Å². The summed E-state index contributed by atoms with van der Waals surface area (Å²) in [6.45, 7) is 8.93. The zero-order valence-corrected chi connectivity index (χ0v) is 12.5. The van der Waals surface area contributed by atoms with Gasteiger partial charge in [0.25, 0.3) is 0 Å². The predicted octanol–water partition coefficient (Wildman–Crippen LogP) is 1.72. The molecule has 1 aliphatic heterocycles. The molecule has 1 aliphatic rings. The van der Waals surface area contributed by atoms with Crippen LogP contribution in [0, 0.1) is 6.92 Å². The number of rotatable bonds is 5. The van der Waals surface area contributed by atoms with Gasteiger partial charge in [0.2, 0.25) is 0 Å². The Kier molecular flexibility index (Phi) is 6.12. The molecule has 1 aromatic heterocycles. The highest BCUT2D eigenvalue weighted by Gasteiger charge is 2.22. The van der Waals surface area contributed by atoms with E-state index in [2.05, 4.69) is 29.2 Å². The average molecular weight is 273 g/mol. The highest BCUT2D eigenvalue weighted by Crippen LogP contribution is 2.15. The Morgan fingerprint density at radius 2 is 2.33 bits per heavy atom. The minimum Gasteiger partial charge on any atom is -0.315 e. The van der Waals surface area contributed by atoms with Crippen LogP contribution in [0.3, 0.4) is 0 Å². The molecule has 0 amide bonds. The third-order valence-electron chi connectivity index (χ3n) is 3.77. The molecule has 1 saturated heterocycles. The minimum atomic E-state index is 0. The third-order valence-corrected chi connectivity index (χ3v) is 3.77. The normalized spacial score (nSPS) is 19.2. The Balaban J connectivity index is 0.00000162. The van der Waals surface area contributed by atoms with Gasteiger partial charge in [-0.2, -0.15) is 5.10 Å². The van der Waals surface area contributed by atoms with Crippen LogP contribution in [0.1, 0.15) is 31.0 Å². The van der Waals surface area contributed by atoms with Crippen molar-refractivity contribution >= 4 is 12.4 Å². The first-order valence-corrected chi connectivity index (χ1v) is 6.64. The number of aryl methyl sites for hydroxylation is 1. The van der Waals surface area contributed by atoms with E-state index >= 15 is 0 Å². The van der Waals surface area contributed by atoms with Gasteiger partial charge in [0, 0.05) is 37.4 Å². The van der Waals surface area contributed by atoms with E-state index < -0.39 is 0 Å². The fourth-order valence-corrected chi connectivity index (χ4v) is 2.55. The van der Waals surface area contributed by atoms with Gasteiger partial charge < -0.3 is 5.32 Å². The summed E-state index contributed by atoms with van der Waals surface area (Å²) < 4.78 is 1.96. The summed E-state index contributed by atoms with van der Waals surface area (Å²) in [7, 11) is 2.01. The van der Waals surface area contributed by atoms with Crippen molar-refractivity contribution in [1.82, 2.24) is 20.0 Å². The van der Waals surface area contributed by atoms with Crippen LogP contribution >= 0.6 is 12.4 Å². The maximum atomic E-state index is 4.33. The molecule has 1 unspecified atom stereocenters. The minimum absolute atomic E-state index is 0. The SMILES string of the molecule is CCCN(Cc1cnn(C)c1C)C1CCNC1.Cl. The van der Waals surface area contributed by atoms with Crippen molar-refractivity contribution in [3.8, 4) is 0 Å². The summed E-state index contributed by atoms with van der Waals surface area (Å²) in [4.78, 5) is 2.60. The van der Waals surface area contributed by atoms with E-state index in [-0.39, 0.29) is 12.4 Å². The topological polar surface area (TPSA) is 33.1 Å². The molecule has 0 bridgehead atoms. The molecule has 0 aromatic carbocycles. The Bertz CT molecular complexity index is 358. The van der Waals surface area contributed by atoms with Crippen molar-refractivity contribution < 1.29 is 0 Å². The molecule has 0 spiro atoms. The maximum absolute atomic E-state index is 4.33. The van der Waals surface area contributed by atoms with E-state index in [9.17, 15) is 0 Å². The van der Waals surface area contributed by atoms with Crippen LogP contribution in [0.5, 0.6) is 0 Å². The van der Waals surface area contributed by atoms with E-state index in [4.69, 9.17) is 0 Å². The van der Waals surface area contributed by atoms with E-state index in [1.807, 2.05) is 17.9 Å². The monoisotopic (exact) mass is 272 g/mol. The highest BCUT2D eigenvalue weighted by molar-refractivity contribution is 5.85. The molecule has 1 fully saturated rings. The Labute approximate surface area is 116 Å². The van der Waals surface area contributed by atoms with Gasteiger partial charge in [-0.1, -0.05) is 6.92 Å². The second kappa shape index (κ2) is 7.12. The largest absolute Gasteiger partial charge is 0.315 e. The van der Waals surface area contributed by atoms with Gasteiger partial charge in [-0.15, -0.1) is 12.4 Å². The number of nitrogens with zero attached hydrogens (tertiary/aromatic N) is 3. The lowest BCUT2D eigenvalue weighted by Gasteiger charge is -2.27. The molecule has 104 valence electrons. The fraction of sp³-hybridized carbons (Fsp3) is 0.769. The molecule has 1 N–H and O–H groups in total. The van der Waals surface area contributed by atoms with Crippen LogP contribution in [0.15, 0.2) is 6.20 Å². The van der Waals surface area contributed by atoms with Crippen LogP contribution < -0.4 is 5.32 Å². The molecule has 0 aliphatic carbocycles. The second-order valence-corrected chi connectivity index (χ2v) is 5.00. The molecular formula is C13H25ClN4. The van der Waals surface area contributed by atoms with E-state index in [0.717, 1.165) is 19.6 Å².